The molecule has 0 bridgehead atoms. The number of hydrogen-bond donors (Lipinski definition) is 0. The Morgan fingerprint density at radius 2 is 1.80 bits per heavy atom. The van der Waals surface area contributed by atoms with Crippen LogP contribution in [0.5, 0.6) is 0 Å². The van der Waals surface area contributed by atoms with Crippen LogP contribution in [0.4, 0.5) is 0 Å². The van der Waals surface area contributed by atoms with Crippen molar-refractivity contribution in [2.45, 2.75) is 13.8 Å². The minimum absolute atomic E-state index is 0. The van der Waals surface area contributed by atoms with Crippen molar-refractivity contribution in [3.05, 3.63) is 59.7 Å². The molecule has 2 rings (SSSR count). The second kappa shape index (κ2) is 5.20. The summed E-state index contributed by atoms with van der Waals surface area (Å²) in [4.78, 5) is 0. The van der Waals surface area contributed by atoms with E-state index in [-0.39, 0.29) is 18.6 Å². The van der Waals surface area contributed by atoms with Gasteiger partial charge in [0.05, 0.1) is 0 Å². The van der Waals surface area contributed by atoms with Gasteiger partial charge in [0.1, 0.15) is 0 Å². The van der Waals surface area contributed by atoms with Gasteiger partial charge in [0.15, 0.2) is 0 Å². The molecule has 0 heterocycles. The molecule has 0 N–H and O–H groups in total. The zero-order valence-corrected chi connectivity index (χ0v) is 10.3. The summed E-state index contributed by atoms with van der Waals surface area (Å²) in [6.07, 6.45) is 0. The van der Waals surface area contributed by atoms with Crippen LogP contribution in [0, 0.1) is 26.0 Å². The molecule has 15 heavy (non-hydrogen) atoms. The third-order valence-corrected chi connectivity index (χ3v) is 2.28. The topological polar surface area (TPSA) is 0 Å². The first kappa shape index (κ1) is 12.1. The van der Waals surface area contributed by atoms with Gasteiger partial charge in [0.25, 0.3) is 0 Å². The van der Waals surface area contributed by atoms with E-state index < -0.39 is 0 Å². The van der Waals surface area contributed by atoms with Crippen molar-refractivity contribution in [3.8, 4) is 11.1 Å². The molecule has 0 saturated carbocycles. The fraction of sp³-hybridized carbons (Fsp3) is 0.143. The van der Waals surface area contributed by atoms with E-state index in [2.05, 4.69) is 44.2 Å². The van der Waals surface area contributed by atoms with Crippen LogP contribution < -0.4 is 0 Å². The summed E-state index contributed by atoms with van der Waals surface area (Å²) >= 11 is 0. The Bertz CT molecular complexity index is 432. The quantitative estimate of drug-likeness (QED) is 0.658. The maximum atomic E-state index is 3.36. The molecule has 0 spiro atoms. The third kappa shape index (κ3) is 2.74. The van der Waals surface area contributed by atoms with Crippen LogP contribution >= 0.6 is 0 Å². The molecule has 0 aliphatic heterocycles. The summed E-state index contributed by atoms with van der Waals surface area (Å²) in [5.74, 6) is 0. The van der Waals surface area contributed by atoms with Crippen LogP contribution in [0.3, 0.4) is 0 Å². The van der Waals surface area contributed by atoms with Gasteiger partial charge in [-0.1, -0.05) is 13.8 Å². The molecule has 0 atom stereocenters. The van der Waals surface area contributed by atoms with E-state index in [1.54, 1.807) is 0 Å². The van der Waals surface area contributed by atoms with E-state index in [1.165, 1.54) is 11.1 Å². The Morgan fingerprint density at radius 1 is 1.00 bits per heavy atom. The molecule has 0 fully saturated rings. The Kier molecular flexibility index (Phi) is 4.20. The second-order valence-corrected chi connectivity index (χ2v) is 3.48. The molecule has 0 aliphatic rings. The Labute approximate surface area is 103 Å². The molecular formula is C14H12V. The number of benzene rings is 2. The smallest absolute Gasteiger partial charge is 0.226 e. The molecule has 0 saturated heterocycles. The molecule has 2 aromatic rings. The van der Waals surface area contributed by atoms with Crippen LogP contribution in [0.15, 0.2) is 36.4 Å². The fourth-order valence-corrected chi connectivity index (χ4v) is 1.50. The summed E-state index contributed by atoms with van der Waals surface area (Å²) in [6.45, 7) is 4.16. The van der Waals surface area contributed by atoms with Crippen LogP contribution in [0.25, 0.3) is 11.1 Å². The standard InChI is InChI=1S/C14H12.V/c1-11-8-9-12(2)14(10-11)13-6-4-3-5-7-13;/h3-6,8-9H,1-2H3;/q-2;+2. The number of rotatable bonds is 1. The molecule has 73 valence electrons. The van der Waals surface area contributed by atoms with E-state index >= 15 is 0 Å². The van der Waals surface area contributed by atoms with Gasteiger partial charge < -0.3 is 0 Å². The summed E-state index contributed by atoms with van der Waals surface area (Å²) in [5, 5.41) is 0. The third-order valence-electron chi connectivity index (χ3n) is 2.28. The molecule has 0 aromatic heterocycles. The molecule has 2 aromatic carbocycles. The minimum atomic E-state index is 0. The van der Waals surface area contributed by atoms with Crippen LogP contribution in [-0.4, -0.2) is 0 Å². The van der Waals surface area contributed by atoms with Crippen LogP contribution in [0.1, 0.15) is 11.1 Å². The zero-order valence-electron chi connectivity index (χ0n) is 8.91. The van der Waals surface area contributed by atoms with E-state index in [1.807, 2.05) is 18.2 Å². The first-order chi connectivity index (χ1) is 6.77. The van der Waals surface area contributed by atoms with Gasteiger partial charge in [-0.05, 0) is 0 Å². The Morgan fingerprint density at radius 3 is 2.47 bits per heavy atom. The molecule has 1 radical (unpaired) electrons. The van der Waals surface area contributed by atoms with E-state index in [4.69, 9.17) is 0 Å². The monoisotopic (exact) mass is 231 g/mol. The largest absolute Gasteiger partial charge is 2.00 e. The predicted octanol–water partition coefficient (Wildman–Crippen LogP) is 3.57. The average Bonchev–Trinajstić information content (AvgIpc) is 2.23. The van der Waals surface area contributed by atoms with Crippen molar-refractivity contribution in [2.24, 2.45) is 0 Å². The van der Waals surface area contributed by atoms with E-state index in [0.717, 1.165) is 11.1 Å². The summed E-state index contributed by atoms with van der Waals surface area (Å²) in [5.41, 5.74) is 4.69. The van der Waals surface area contributed by atoms with Gasteiger partial charge in [-0.2, -0.15) is 42.0 Å². The predicted molar refractivity (Wildman–Crippen MR) is 59.0 cm³/mol. The first-order valence-electron chi connectivity index (χ1n) is 4.74. The summed E-state index contributed by atoms with van der Waals surface area (Å²) in [7, 11) is 0. The number of hydrogen-bond acceptors (Lipinski definition) is 0. The van der Waals surface area contributed by atoms with Gasteiger partial charge in [-0.3, -0.25) is 0 Å². The fourth-order valence-electron chi connectivity index (χ4n) is 1.50. The molecule has 0 unspecified atom stereocenters. The van der Waals surface area contributed by atoms with Gasteiger partial charge in [0.2, 0.25) is 0 Å². The summed E-state index contributed by atoms with van der Waals surface area (Å²) < 4.78 is 0. The SMILES string of the molecule is Cc1[c-]c(-c2[c-]cccc2)c(C)cc1.[V+2]. The van der Waals surface area contributed by atoms with Gasteiger partial charge in [-0.25, -0.2) is 11.1 Å². The maximum absolute atomic E-state index is 3.36. The second-order valence-electron chi connectivity index (χ2n) is 3.48. The van der Waals surface area contributed by atoms with Crippen LogP contribution in [-0.2, 0) is 18.6 Å². The van der Waals surface area contributed by atoms with Crippen molar-refractivity contribution < 1.29 is 18.6 Å². The normalized spacial score (nSPS) is 9.47. The Balaban J connectivity index is 0.00000112. The van der Waals surface area contributed by atoms with Crippen LogP contribution in [0.2, 0.25) is 0 Å². The van der Waals surface area contributed by atoms with Crippen molar-refractivity contribution in [1.29, 1.82) is 0 Å². The first-order valence-corrected chi connectivity index (χ1v) is 4.74. The summed E-state index contributed by atoms with van der Waals surface area (Å²) in [6, 6.07) is 18.8. The molecule has 0 amide bonds. The van der Waals surface area contributed by atoms with E-state index in [0.29, 0.717) is 0 Å². The Hall–Kier alpha value is -0.976. The van der Waals surface area contributed by atoms with Crippen molar-refractivity contribution in [1.82, 2.24) is 0 Å². The molecule has 1 heteroatoms. The van der Waals surface area contributed by atoms with Crippen molar-refractivity contribution >= 4 is 0 Å². The average molecular weight is 231 g/mol. The molecule has 0 nitrogen and oxygen atoms in total. The van der Waals surface area contributed by atoms with Crippen molar-refractivity contribution in [3.63, 3.8) is 0 Å². The van der Waals surface area contributed by atoms with Crippen molar-refractivity contribution in [2.75, 3.05) is 0 Å². The van der Waals surface area contributed by atoms with E-state index in [9.17, 15) is 0 Å². The van der Waals surface area contributed by atoms with Gasteiger partial charge >= 0.3 is 18.6 Å². The maximum Gasteiger partial charge on any atom is 2.00 e. The zero-order chi connectivity index (χ0) is 9.97. The number of aryl methyl sites for hydroxylation is 2. The van der Waals surface area contributed by atoms with Gasteiger partial charge in [-0.15, -0.1) is 17.7 Å². The van der Waals surface area contributed by atoms with Gasteiger partial charge in [0, 0.05) is 0 Å². The minimum Gasteiger partial charge on any atom is -0.226 e. The molecular weight excluding hydrogens is 219 g/mol. The molecule has 0 aliphatic carbocycles.